The standard InChI is InChI=1S/C23H37N5O4S/c1-15-11-18-13-24-26-22(18)23(17(15)3)33(30,31)27(4)14-21(29)25-19-5-6-20(16(2)12-19)28-7-9-32-10-8-28/h5-6,12,15,17-18,22-24,26H,7-11,13-14H2,1-4H3,(H,25,29). The number of hydrazine groups is 1. The summed E-state index contributed by atoms with van der Waals surface area (Å²) in [5.74, 6) is 0.253. The molecule has 10 heteroatoms. The van der Waals surface area contributed by atoms with E-state index in [1.165, 1.54) is 11.4 Å². The van der Waals surface area contributed by atoms with Crippen molar-refractivity contribution in [2.45, 2.75) is 38.5 Å². The lowest BCUT2D eigenvalue weighted by molar-refractivity contribution is -0.116. The highest BCUT2D eigenvalue weighted by Crippen LogP contribution is 2.39. The molecule has 1 aromatic rings. The highest BCUT2D eigenvalue weighted by atomic mass is 32.2. The maximum Gasteiger partial charge on any atom is 0.239 e. The van der Waals surface area contributed by atoms with Crippen molar-refractivity contribution in [2.75, 3.05) is 56.7 Å². The number of sulfonamides is 1. The number of fused-ring (bicyclic) bond motifs is 1. The van der Waals surface area contributed by atoms with Crippen LogP contribution in [0.1, 0.15) is 25.8 Å². The Labute approximate surface area is 197 Å². The molecule has 1 aromatic carbocycles. The van der Waals surface area contributed by atoms with Crippen LogP contribution in [0.25, 0.3) is 0 Å². The smallest absolute Gasteiger partial charge is 0.239 e. The number of anilines is 2. The second-order valence-electron chi connectivity index (χ2n) is 9.80. The molecule has 3 N–H and O–H groups in total. The molecule has 3 aliphatic rings. The fourth-order valence-corrected chi connectivity index (χ4v) is 7.71. The van der Waals surface area contributed by atoms with Gasteiger partial charge in [0, 0.05) is 44.1 Å². The fourth-order valence-electron chi connectivity index (χ4n) is 5.53. The van der Waals surface area contributed by atoms with E-state index in [0.29, 0.717) is 24.8 Å². The van der Waals surface area contributed by atoms with E-state index in [-0.39, 0.29) is 30.3 Å². The predicted octanol–water partition coefficient (Wildman–Crippen LogP) is 1.17. The van der Waals surface area contributed by atoms with Gasteiger partial charge in [0.25, 0.3) is 0 Å². The number of carbonyl (C=O) groups excluding carboxylic acids is 1. The van der Waals surface area contributed by atoms with Crippen molar-refractivity contribution < 1.29 is 17.9 Å². The molecule has 9 nitrogen and oxygen atoms in total. The molecule has 1 aliphatic carbocycles. The first-order chi connectivity index (χ1) is 15.7. The predicted molar refractivity (Wildman–Crippen MR) is 130 cm³/mol. The highest BCUT2D eigenvalue weighted by Gasteiger charge is 2.50. The van der Waals surface area contributed by atoms with E-state index in [1.807, 2.05) is 32.0 Å². The van der Waals surface area contributed by atoms with E-state index >= 15 is 0 Å². The number of carbonyl (C=O) groups is 1. The number of nitrogens with zero attached hydrogens (tertiary/aromatic N) is 2. The molecule has 184 valence electrons. The largest absolute Gasteiger partial charge is 0.378 e. The fraction of sp³-hybridized carbons (Fsp3) is 0.696. The Kier molecular flexibility index (Phi) is 7.30. The summed E-state index contributed by atoms with van der Waals surface area (Å²) in [7, 11) is -2.16. The van der Waals surface area contributed by atoms with E-state index in [9.17, 15) is 13.2 Å². The van der Waals surface area contributed by atoms with Crippen LogP contribution in [0.2, 0.25) is 0 Å². The van der Waals surface area contributed by atoms with E-state index in [1.54, 1.807) is 0 Å². The van der Waals surface area contributed by atoms with Crippen LogP contribution in [0, 0.1) is 24.7 Å². The maximum atomic E-state index is 13.5. The summed E-state index contributed by atoms with van der Waals surface area (Å²) in [4.78, 5) is 15.0. The lowest BCUT2D eigenvalue weighted by Gasteiger charge is -2.42. The number of hydrogen-bond donors (Lipinski definition) is 3. The summed E-state index contributed by atoms with van der Waals surface area (Å²) in [6, 6.07) is 5.66. The summed E-state index contributed by atoms with van der Waals surface area (Å²) >= 11 is 0. The number of nitrogens with one attached hydrogen (secondary N) is 3. The monoisotopic (exact) mass is 479 g/mol. The molecule has 0 radical (unpaired) electrons. The first-order valence-corrected chi connectivity index (χ1v) is 13.4. The maximum absolute atomic E-state index is 13.5. The lowest BCUT2D eigenvalue weighted by Crippen LogP contribution is -2.57. The van der Waals surface area contributed by atoms with Crippen LogP contribution in [-0.2, 0) is 19.6 Å². The van der Waals surface area contributed by atoms with Gasteiger partial charge in [-0.3, -0.25) is 15.6 Å². The van der Waals surface area contributed by atoms with Crippen LogP contribution in [0.3, 0.4) is 0 Å². The van der Waals surface area contributed by atoms with Crippen molar-refractivity contribution in [3.8, 4) is 0 Å². The second-order valence-corrected chi connectivity index (χ2v) is 12.0. The van der Waals surface area contributed by atoms with Gasteiger partial charge in [-0.2, -0.15) is 4.31 Å². The van der Waals surface area contributed by atoms with E-state index in [4.69, 9.17) is 4.74 Å². The number of morpholine rings is 1. The quantitative estimate of drug-likeness (QED) is 0.563. The van der Waals surface area contributed by atoms with Gasteiger partial charge in [-0.25, -0.2) is 8.42 Å². The SMILES string of the molecule is Cc1cc(NC(=O)CN(C)S(=O)(=O)C2C(C)C(C)CC3CNNC32)ccc1N1CCOCC1. The molecule has 3 fully saturated rings. The lowest BCUT2D eigenvalue weighted by atomic mass is 9.73. The summed E-state index contributed by atoms with van der Waals surface area (Å²) < 4.78 is 33.7. The summed E-state index contributed by atoms with van der Waals surface area (Å²) in [5, 5.41) is 2.31. The van der Waals surface area contributed by atoms with Crippen molar-refractivity contribution in [1.29, 1.82) is 0 Å². The topological polar surface area (TPSA) is 103 Å². The van der Waals surface area contributed by atoms with Crippen LogP contribution in [0.15, 0.2) is 18.2 Å². The van der Waals surface area contributed by atoms with E-state index < -0.39 is 15.3 Å². The van der Waals surface area contributed by atoms with Gasteiger partial charge in [0.15, 0.2) is 0 Å². The molecule has 2 heterocycles. The average molecular weight is 480 g/mol. The third-order valence-electron chi connectivity index (χ3n) is 7.56. The van der Waals surface area contributed by atoms with Gasteiger partial charge in [0.05, 0.1) is 25.0 Å². The Morgan fingerprint density at radius 2 is 2.00 bits per heavy atom. The zero-order valence-corrected chi connectivity index (χ0v) is 20.8. The molecule has 5 unspecified atom stereocenters. The van der Waals surface area contributed by atoms with Gasteiger partial charge in [0.1, 0.15) is 0 Å². The van der Waals surface area contributed by atoms with Crippen LogP contribution in [0.5, 0.6) is 0 Å². The van der Waals surface area contributed by atoms with Gasteiger partial charge >= 0.3 is 0 Å². The minimum atomic E-state index is -3.66. The molecule has 0 spiro atoms. The second kappa shape index (κ2) is 9.87. The molecule has 0 aromatic heterocycles. The number of likely N-dealkylation sites (N-methyl/N-ethyl adjacent to an activating group) is 1. The first-order valence-electron chi connectivity index (χ1n) is 11.8. The molecule has 0 bridgehead atoms. The zero-order chi connectivity index (χ0) is 23.8. The van der Waals surface area contributed by atoms with Crippen LogP contribution in [-0.4, -0.2) is 76.4 Å². The minimum absolute atomic E-state index is 0.00421. The van der Waals surface area contributed by atoms with Crippen molar-refractivity contribution >= 4 is 27.3 Å². The van der Waals surface area contributed by atoms with Crippen LogP contribution >= 0.6 is 0 Å². The Morgan fingerprint density at radius 1 is 1.27 bits per heavy atom. The van der Waals surface area contributed by atoms with Crippen LogP contribution in [0.4, 0.5) is 11.4 Å². The molecule has 5 atom stereocenters. The van der Waals surface area contributed by atoms with Crippen molar-refractivity contribution in [3.63, 3.8) is 0 Å². The summed E-state index contributed by atoms with van der Waals surface area (Å²) in [6.07, 6.45) is 1.00. The number of ether oxygens (including phenoxy) is 1. The van der Waals surface area contributed by atoms with Gasteiger partial charge in [-0.1, -0.05) is 13.8 Å². The van der Waals surface area contributed by atoms with Gasteiger partial charge in [-0.15, -0.1) is 0 Å². The first kappa shape index (κ1) is 24.4. The van der Waals surface area contributed by atoms with Gasteiger partial charge in [0.2, 0.25) is 15.9 Å². The molecule has 2 aliphatic heterocycles. The Hall–Kier alpha value is -1.72. The average Bonchev–Trinajstić information content (AvgIpc) is 3.22. The molecular formula is C23H37N5O4S. The van der Waals surface area contributed by atoms with Crippen LogP contribution < -0.4 is 21.1 Å². The Bertz CT molecular complexity index is 966. The van der Waals surface area contributed by atoms with Crippen molar-refractivity contribution in [1.82, 2.24) is 15.2 Å². The minimum Gasteiger partial charge on any atom is -0.378 e. The molecule has 1 amide bonds. The molecular weight excluding hydrogens is 442 g/mol. The highest BCUT2D eigenvalue weighted by molar-refractivity contribution is 7.89. The number of benzene rings is 1. The zero-order valence-electron chi connectivity index (χ0n) is 20.0. The molecule has 33 heavy (non-hydrogen) atoms. The normalized spacial score (nSPS) is 30.3. The summed E-state index contributed by atoms with van der Waals surface area (Å²) in [6.45, 7) is 9.83. The number of aryl methyl sites for hydroxylation is 1. The van der Waals surface area contributed by atoms with E-state index in [0.717, 1.165) is 37.3 Å². The third-order valence-corrected chi connectivity index (χ3v) is 9.97. The van der Waals surface area contributed by atoms with Gasteiger partial charge < -0.3 is 15.0 Å². The summed E-state index contributed by atoms with van der Waals surface area (Å²) in [5.41, 5.74) is 9.17. The van der Waals surface area contributed by atoms with Gasteiger partial charge in [-0.05, 0) is 54.9 Å². The number of rotatable bonds is 6. The van der Waals surface area contributed by atoms with Crippen molar-refractivity contribution in [2.24, 2.45) is 17.8 Å². The molecule has 4 rings (SSSR count). The molecule has 2 saturated heterocycles. The van der Waals surface area contributed by atoms with E-state index in [2.05, 4.69) is 28.0 Å². The number of hydrogen-bond acceptors (Lipinski definition) is 7. The Balaban J connectivity index is 1.41. The Morgan fingerprint density at radius 3 is 2.70 bits per heavy atom. The third kappa shape index (κ3) is 5.05. The van der Waals surface area contributed by atoms with Crippen molar-refractivity contribution in [3.05, 3.63) is 23.8 Å². The molecule has 1 saturated carbocycles. The number of amides is 1.